The van der Waals surface area contributed by atoms with Crippen molar-refractivity contribution in [1.82, 2.24) is 4.90 Å². The minimum absolute atomic E-state index is 0.0383. The molecule has 0 aromatic heterocycles. The molecule has 1 aliphatic heterocycles. The number of morpholine rings is 1. The van der Waals surface area contributed by atoms with Crippen molar-refractivity contribution in [3.63, 3.8) is 0 Å². The van der Waals surface area contributed by atoms with Crippen LogP contribution in [0.15, 0.2) is 0 Å². The molecule has 88 valence electrons. The smallest absolute Gasteiger partial charge is 0.243 e. The lowest BCUT2D eigenvalue weighted by atomic mass is 9.68. The molecule has 0 aromatic carbocycles. The van der Waals surface area contributed by atoms with Crippen molar-refractivity contribution < 1.29 is 9.53 Å². The van der Waals surface area contributed by atoms with Crippen molar-refractivity contribution >= 4 is 5.91 Å². The molecule has 0 aromatic rings. The summed E-state index contributed by atoms with van der Waals surface area (Å²) < 4.78 is 5.37. The predicted octanol–water partition coefficient (Wildman–Crippen LogP) is 1.32. The first-order valence-electron chi connectivity index (χ1n) is 6.03. The van der Waals surface area contributed by atoms with E-state index >= 15 is 0 Å². The van der Waals surface area contributed by atoms with Crippen molar-refractivity contribution in [2.75, 3.05) is 19.8 Å². The van der Waals surface area contributed by atoms with Gasteiger partial charge in [0.05, 0.1) is 25.3 Å². The summed E-state index contributed by atoms with van der Waals surface area (Å²) in [5, 5.41) is 9.17. The minimum atomic E-state index is -0.704. The van der Waals surface area contributed by atoms with Gasteiger partial charge >= 0.3 is 0 Å². The lowest BCUT2D eigenvalue weighted by molar-refractivity contribution is -0.151. The van der Waals surface area contributed by atoms with Crippen LogP contribution >= 0.6 is 0 Å². The second-order valence-corrected chi connectivity index (χ2v) is 4.68. The fourth-order valence-electron chi connectivity index (χ4n) is 2.44. The van der Waals surface area contributed by atoms with Gasteiger partial charge in [-0.1, -0.05) is 6.92 Å². The fraction of sp³-hybridized carbons (Fsp3) is 0.833. The molecular weight excluding hydrogens is 204 g/mol. The molecule has 0 radical (unpaired) electrons. The average Bonchev–Trinajstić information content (AvgIpc) is 2.28. The van der Waals surface area contributed by atoms with Crippen LogP contribution in [0.5, 0.6) is 0 Å². The van der Waals surface area contributed by atoms with Gasteiger partial charge in [0.1, 0.15) is 5.41 Å². The Kier molecular flexibility index (Phi) is 3.15. The number of rotatable bonds is 2. The summed E-state index contributed by atoms with van der Waals surface area (Å²) in [6.07, 6.45) is 3.36. The average molecular weight is 222 g/mol. The molecule has 1 heterocycles. The number of carbonyl (C=O) groups is 1. The van der Waals surface area contributed by atoms with E-state index in [1.807, 2.05) is 4.90 Å². The monoisotopic (exact) mass is 222 g/mol. The van der Waals surface area contributed by atoms with Gasteiger partial charge in [-0.3, -0.25) is 4.79 Å². The van der Waals surface area contributed by atoms with Crippen LogP contribution < -0.4 is 0 Å². The van der Waals surface area contributed by atoms with Crippen LogP contribution in [0.25, 0.3) is 0 Å². The molecule has 0 spiro atoms. The molecule has 2 rings (SSSR count). The normalized spacial score (nSPS) is 28.0. The number of nitriles is 1. The van der Waals surface area contributed by atoms with Gasteiger partial charge in [-0.05, 0) is 25.7 Å². The topological polar surface area (TPSA) is 53.3 Å². The van der Waals surface area contributed by atoms with Gasteiger partial charge in [-0.25, -0.2) is 0 Å². The second kappa shape index (κ2) is 4.42. The molecule has 1 amide bonds. The molecule has 0 bridgehead atoms. The van der Waals surface area contributed by atoms with E-state index in [-0.39, 0.29) is 11.9 Å². The Hall–Kier alpha value is -1.08. The van der Waals surface area contributed by atoms with Gasteiger partial charge in [-0.2, -0.15) is 5.26 Å². The zero-order valence-electron chi connectivity index (χ0n) is 9.74. The molecule has 1 saturated heterocycles. The van der Waals surface area contributed by atoms with E-state index in [0.717, 1.165) is 25.7 Å². The molecule has 4 nitrogen and oxygen atoms in total. The Morgan fingerprint density at radius 3 is 2.88 bits per heavy atom. The van der Waals surface area contributed by atoms with Crippen molar-refractivity contribution in [2.24, 2.45) is 5.41 Å². The van der Waals surface area contributed by atoms with Gasteiger partial charge in [0, 0.05) is 6.54 Å². The third-order valence-electron chi connectivity index (χ3n) is 3.79. The molecule has 1 aliphatic carbocycles. The van der Waals surface area contributed by atoms with Crippen LogP contribution in [-0.4, -0.2) is 36.6 Å². The lowest BCUT2D eigenvalue weighted by Crippen LogP contribution is -2.55. The summed E-state index contributed by atoms with van der Waals surface area (Å²) in [4.78, 5) is 14.2. The SMILES string of the molecule is CCC1COCCN1C(=O)C1(C#N)CCC1. The molecule has 1 saturated carbocycles. The van der Waals surface area contributed by atoms with E-state index in [0.29, 0.717) is 19.8 Å². The third kappa shape index (κ3) is 1.69. The standard InChI is InChI=1S/C12H18N2O2/c1-2-10-8-16-7-6-14(10)11(15)12(9-13)4-3-5-12/h10H,2-8H2,1H3. The first kappa shape index (κ1) is 11.4. The highest BCUT2D eigenvalue weighted by Gasteiger charge is 2.48. The maximum Gasteiger partial charge on any atom is 0.243 e. The van der Waals surface area contributed by atoms with Crippen molar-refractivity contribution in [2.45, 2.75) is 38.6 Å². The Labute approximate surface area is 96.2 Å². The molecule has 1 atom stereocenters. The zero-order valence-corrected chi connectivity index (χ0v) is 9.74. The molecule has 2 aliphatic rings. The van der Waals surface area contributed by atoms with Crippen LogP contribution in [0.1, 0.15) is 32.6 Å². The van der Waals surface area contributed by atoms with E-state index in [9.17, 15) is 4.79 Å². The van der Waals surface area contributed by atoms with Crippen LogP contribution in [0, 0.1) is 16.7 Å². The highest BCUT2D eigenvalue weighted by Crippen LogP contribution is 2.42. The van der Waals surface area contributed by atoms with E-state index < -0.39 is 5.41 Å². The minimum Gasteiger partial charge on any atom is -0.377 e. The highest BCUT2D eigenvalue weighted by molar-refractivity contribution is 5.86. The van der Waals surface area contributed by atoms with Crippen molar-refractivity contribution in [3.8, 4) is 6.07 Å². The number of amides is 1. The first-order chi connectivity index (χ1) is 7.73. The van der Waals surface area contributed by atoms with E-state index in [1.165, 1.54) is 0 Å². The Morgan fingerprint density at radius 2 is 2.38 bits per heavy atom. The molecule has 0 N–H and O–H groups in total. The van der Waals surface area contributed by atoms with Gasteiger partial charge in [0.15, 0.2) is 0 Å². The Bertz CT molecular complexity index is 317. The first-order valence-corrected chi connectivity index (χ1v) is 6.03. The van der Waals surface area contributed by atoms with Crippen LogP contribution in [0.4, 0.5) is 0 Å². The molecule has 1 unspecified atom stereocenters. The van der Waals surface area contributed by atoms with Gasteiger partial charge in [0.25, 0.3) is 0 Å². The number of hydrogen-bond acceptors (Lipinski definition) is 3. The number of ether oxygens (including phenoxy) is 1. The van der Waals surface area contributed by atoms with E-state index in [4.69, 9.17) is 10.00 Å². The Morgan fingerprint density at radius 1 is 1.62 bits per heavy atom. The maximum atomic E-state index is 12.4. The Balaban J connectivity index is 2.10. The number of hydrogen-bond donors (Lipinski definition) is 0. The summed E-state index contributed by atoms with van der Waals surface area (Å²) in [6.45, 7) is 3.91. The lowest BCUT2D eigenvalue weighted by Gasteiger charge is -2.43. The van der Waals surface area contributed by atoms with Crippen molar-refractivity contribution in [1.29, 1.82) is 5.26 Å². The largest absolute Gasteiger partial charge is 0.377 e. The highest BCUT2D eigenvalue weighted by atomic mass is 16.5. The van der Waals surface area contributed by atoms with Crippen LogP contribution in [-0.2, 0) is 9.53 Å². The summed E-state index contributed by atoms with van der Waals surface area (Å²) in [5.41, 5.74) is -0.704. The number of carbonyl (C=O) groups excluding carboxylic acids is 1. The molecular formula is C12H18N2O2. The third-order valence-corrected chi connectivity index (χ3v) is 3.79. The summed E-state index contributed by atoms with van der Waals surface area (Å²) in [7, 11) is 0. The maximum absolute atomic E-state index is 12.4. The zero-order chi connectivity index (χ0) is 11.6. The van der Waals surface area contributed by atoms with Gasteiger partial charge in [0.2, 0.25) is 5.91 Å². The van der Waals surface area contributed by atoms with Gasteiger partial charge < -0.3 is 9.64 Å². The van der Waals surface area contributed by atoms with E-state index in [2.05, 4.69) is 13.0 Å². The van der Waals surface area contributed by atoms with E-state index in [1.54, 1.807) is 0 Å². The summed E-state index contributed by atoms with van der Waals surface area (Å²) in [5.74, 6) is 0.0383. The second-order valence-electron chi connectivity index (χ2n) is 4.68. The summed E-state index contributed by atoms with van der Waals surface area (Å²) >= 11 is 0. The molecule has 4 heteroatoms. The number of nitrogens with zero attached hydrogens (tertiary/aromatic N) is 2. The van der Waals surface area contributed by atoms with Crippen molar-refractivity contribution in [3.05, 3.63) is 0 Å². The van der Waals surface area contributed by atoms with Crippen LogP contribution in [0.2, 0.25) is 0 Å². The van der Waals surface area contributed by atoms with Crippen LogP contribution in [0.3, 0.4) is 0 Å². The molecule has 2 fully saturated rings. The quantitative estimate of drug-likeness (QED) is 0.708. The van der Waals surface area contributed by atoms with Gasteiger partial charge in [-0.15, -0.1) is 0 Å². The fourth-order valence-corrected chi connectivity index (χ4v) is 2.44. The summed E-state index contributed by atoms with van der Waals surface area (Å²) in [6, 6.07) is 2.38. The molecule has 16 heavy (non-hydrogen) atoms. The predicted molar refractivity (Wildman–Crippen MR) is 58.5 cm³/mol.